The molecule has 0 bridgehead atoms. The molecule has 1 amide bonds. The molecule has 2 saturated carbocycles. The van der Waals surface area contributed by atoms with Crippen LogP contribution < -0.4 is 15.5 Å². The highest BCUT2D eigenvalue weighted by molar-refractivity contribution is 5.84. The number of carbonyl (C=O) groups is 1. The lowest BCUT2D eigenvalue weighted by atomic mass is 10.2. The smallest absolute Gasteiger partial charge is 0.260 e. The minimum absolute atomic E-state index is 0.0721. The van der Waals surface area contributed by atoms with Crippen LogP contribution in [0.25, 0.3) is 0 Å². The van der Waals surface area contributed by atoms with E-state index >= 15 is 0 Å². The highest BCUT2D eigenvalue weighted by Gasteiger charge is 2.70. The lowest BCUT2D eigenvalue weighted by molar-refractivity contribution is -0.125. The van der Waals surface area contributed by atoms with E-state index in [1.54, 1.807) is 29.0 Å². The maximum absolute atomic E-state index is 14.4. The number of carbonyl (C=O) groups excluding carboxylic acids is 1. The van der Waals surface area contributed by atoms with E-state index in [1.807, 2.05) is 6.92 Å². The van der Waals surface area contributed by atoms with Gasteiger partial charge in [0.1, 0.15) is 5.92 Å². The van der Waals surface area contributed by atoms with E-state index in [-0.39, 0.29) is 23.6 Å². The molecule has 11 heteroatoms. The van der Waals surface area contributed by atoms with Crippen molar-refractivity contribution in [3.63, 3.8) is 0 Å². The number of aryl methyl sites for hydroxylation is 1. The Hall–Kier alpha value is -2.85. The summed E-state index contributed by atoms with van der Waals surface area (Å²) in [5.74, 6) is -4.78. The first-order valence-corrected chi connectivity index (χ1v) is 9.42. The molecule has 2 aromatic heterocycles. The Morgan fingerprint density at radius 1 is 1.34 bits per heavy atom. The molecule has 4 atom stereocenters. The van der Waals surface area contributed by atoms with Gasteiger partial charge in [0.05, 0.1) is 23.6 Å². The fourth-order valence-electron chi connectivity index (χ4n) is 4.40. The average molecular weight is 407 g/mol. The molecule has 2 N–H and O–H groups in total. The second-order valence-corrected chi connectivity index (χ2v) is 8.22. The van der Waals surface area contributed by atoms with E-state index in [0.717, 1.165) is 6.20 Å². The van der Waals surface area contributed by atoms with E-state index in [0.29, 0.717) is 18.8 Å². The summed E-state index contributed by atoms with van der Waals surface area (Å²) in [5, 5.41) is 9.83. The quantitative estimate of drug-likeness (QED) is 0.784. The van der Waals surface area contributed by atoms with Crippen LogP contribution in [0.1, 0.15) is 13.3 Å². The van der Waals surface area contributed by atoms with Crippen LogP contribution in [0.4, 0.5) is 30.6 Å². The van der Waals surface area contributed by atoms with Crippen molar-refractivity contribution < 1.29 is 18.0 Å². The van der Waals surface area contributed by atoms with Gasteiger partial charge in [-0.05, 0) is 5.92 Å². The largest absolute Gasteiger partial charge is 0.351 e. The van der Waals surface area contributed by atoms with Gasteiger partial charge in [-0.25, -0.2) is 18.2 Å². The summed E-state index contributed by atoms with van der Waals surface area (Å²) >= 11 is 0. The number of nitrogens with one attached hydrogen (secondary N) is 2. The molecule has 3 aliphatic rings. The Kier molecular flexibility index (Phi) is 3.66. The van der Waals surface area contributed by atoms with Crippen LogP contribution in [0.2, 0.25) is 0 Å². The van der Waals surface area contributed by atoms with Gasteiger partial charge in [-0.1, -0.05) is 6.92 Å². The zero-order valence-corrected chi connectivity index (χ0v) is 15.9. The highest BCUT2D eigenvalue weighted by Crippen LogP contribution is 2.57. The number of hydrogen-bond donors (Lipinski definition) is 2. The van der Waals surface area contributed by atoms with E-state index in [2.05, 4.69) is 25.7 Å². The summed E-state index contributed by atoms with van der Waals surface area (Å²) in [4.78, 5) is 22.2. The van der Waals surface area contributed by atoms with E-state index in [9.17, 15) is 18.0 Å². The summed E-state index contributed by atoms with van der Waals surface area (Å²) in [6.45, 7) is 2.78. The third-order valence-corrected chi connectivity index (χ3v) is 6.32. The normalized spacial score (nSPS) is 31.3. The van der Waals surface area contributed by atoms with Gasteiger partial charge in [-0.2, -0.15) is 10.1 Å². The lowest BCUT2D eigenvalue weighted by Crippen LogP contribution is -2.45. The first kappa shape index (κ1) is 18.2. The molecule has 0 aromatic carbocycles. The number of alkyl halides is 2. The lowest BCUT2D eigenvalue weighted by Gasteiger charge is -2.25. The Balaban J connectivity index is 1.32. The Morgan fingerprint density at radius 2 is 2.10 bits per heavy atom. The molecule has 2 aliphatic carbocycles. The van der Waals surface area contributed by atoms with Gasteiger partial charge in [0, 0.05) is 38.7 Å². The van der Waals surface area contributed by atoms with Crippen LogP contribution in [-0.2, 0) is 11.8 Å². The third-order valence-electron chi connectivity index (χ3n) is 6.32. The van der Waals surface area contributed by atoms with Gasteiger partial charge in [-0.3, -0.25) is 9.48 Å². The minimum Gasteiger partial charge on any atom is -0.351 e. The summed E-state index contributed by atoms with van der Waals surface area (Å²) in [5.41, 5.74) is 0.0569. The topological polar surface area (TPSA) is 88.0 Å². The van der Waals surface area contributed by atoms with Crippen molar-refractivity contribution in [1.29, 1.82) is 0 Å². The number of hydrogen-bond acceptors (Lipinski definition) is 6. The number of piperidine rings is 1. The number of amides is 1. The van der Waals surface area contributed by atoms with Crippen molar-refractivity contribution in [2.24, 2.45) is 24.8 Å². The zero-order chi connectivity index (χ0) is 20.6. The summed E-state index contributed by atoms with van der Waals surface area (Å²) in [7, 11) is 1.77. The number of anilines is 3. The van der Waals surface area contributed by atoms with Crippen molar-refractivity contribution in [2.45, 2.75) is 24.8 Å². The van der Waals surface area contributed by atoms with E-state index < -0.39 is 35.5 Å². The summed E-state index contributed by atoms with van der Waals surface area (Å²) < 4.78 is 42.5. The fourth-order valence-corrected chi connectivity index (χ4v) is 4.40. The number of halogens is 3. The molecule has 154 valence electrons. The van der Waals surface area contributed by atoms with Gasteiger partial charge < -0.3 is 15.5 Å². The monoisotopic (exact) mass is 407 g/mol. The van der Waals surface area contributed by atoms with Crippen molar-refractivity contribution in [1.82, 2.24) is 25.1 Å². The van der Waals surface area contributed by atoms with E-state index in [1.165, 1.54) is 0 Å². The number of aromatic nitrogens is 4. The molecule has 1 unspecified atom stereocenters. The van der Waals surface area contributed by atoms with Crippen LogP contribution in [-0.4, -0.2) is 50.2 Å². The van der Waals surface area contributed by atoms with Crippen molar-refractivity contribution >= 4 is 23.4 Å². The van der Waals surface area contributed by atoms with Crippen LogP contribution >= 0.6 is 0 Å². The van der Waals surface area contributed by atoms with E-state index in [4.69, 9.17) is 0 Å². The van der Waals surface area contributed by atoms with Crippen LogP contribution in [0.3, 0.4) is 0 Å². The molecule has 1 aliphatic heterocycles. The maximum Gasteiger partial charge on any atom is 0.260 e. The SMILES string of the molecule is CC1[C@H]2CN(c3nc(Nc4cnn(C)c4)ncc3F)C[C@@]12NC(=O)[C@H]1CC1(F)F. The molecule has 5 rings (SSSR count). The molecule has 8 nitrogen and oxygen atoms in total. The predicted molar refractivity (Wildman–Crippen MR) is 97.3 cm³/mol. The van der Waals surface area contributed by atoms with Gasteiger partial charge in [0.2, 0.25) is 11.9 Å². The molecular formula is C18H20F3N7O. The zero-order valence-electron chi connectivity index (χ0n) is 15.9. The standard InChI is InChI=1S/C18H20F3N7O/c1-9-12-7-28(8-17(9,12)26-15(29)11-3-18(11,20)21)14-13(19)5-22-16(25-14)24-10-4-23-27(2)6-10/h4-6,9,11-12H,3,7-8H2,1-2H3,(H,26,29)(H,22,24,25)/t9?,11-,12-,17-/m1/s1. The second kappa shape index (κ2) is 5.83. The Bertz CT molecular complexity index is 996. The summed E-state index contributed by atoms with van der Waals surface area (Å²) in [6.07, 6.45) is 4.01. The first-order valence-electron chi connectivity index (χ1n) is 9.42. The van der Waals surface area contributed by atoms with Crippen molar-refractivity contribution in [3.05, 3.63) is 24.4 Å². The molecule has 3 fully saturated rings. The van der Waals surface area contributed by atoms with Gasteiger partial charge >= 0.3 is 0 Å². The highest BCUT2D eigenvalue weighted by atomic mass is 19.3. The fraction of sp³-hybridized carbons (Fsp3) is 0.556. The van der Waals surface area contributed by atoms with Crippen molar-refractivity contribution in [2.75, 3.05) is 23.3 Å². The number of rotatable bonds is 5. The Labute approximate surface area is 164 Å². The van der Waals surface area contributed by atoms with Gasteiger partial charge in [0.15, 0.2) is 11.6 Å². The van der Waals surface area contributed by atoms with Crippen LogP contribution in [0.15, 0.2) is 18.6 Å². The first-order chi connectivity index (χ1) is 13.7. The predicted octanol–water partition coefficient (Wildman–Crippen LogP) is 1.69. The molecule has 3 heterocycles. The van der Waals surface area contributed by atoms with Gasteiger partial charge in [-0.15, -0.1) is 0 Å². The molecule has 0 radical (unpaired) electrons. The summed E-state index contributed by atoms with van der Waals surface area (Å²) in [6, 6.07) is 0. The van der Waals surface area contributed by atoms with Crippen molar-refractivity contribution in [3.8, 4) is 0 Å². The third kappa shape index (κ3) is 2.90. The molecule has 2 aromatic rings. The van der Waals surface area contributed by atoms with Crippen LogP contribution in [0.5, 0.6) is 0 Å². The number of nitrogens with zero attached hydrogens (tertiary/aromatic N) is 5. The number of fused-ring (bicyclic) bond motifs is 1. The molecule has 29 heavy (non-hydrogen) atoms. The van der Waals surface area contributed by atoms with Gasteiger partial charge in [0.25, 0.3) is 5.92 Å². The maximum atomic E-state index is 14.4. The molecule has 0 spiro atoms. The van der Waals surface area contributed by atoms with Crippen LogP contribution in [0, 0.1) is 23.6 Å². The molecule has 1 saturated heterocycles. The molecular weight excluding hydrogens is 387 g/mol. The Morgan fingerprint density at radius 3 is 2.76 bits per heavy atom. The average Bonchev–Trinajstić information content (AvgIpc) is 3.24. The second-order valence-electron chi connectivity index (χ2n) is 8.22. The minimum atomic E-state index is -2.90.